The van der Waals surface area contributed by atoms with Crippen molar-refractivity contribution in [3.8, 4) is 22.2 Å². The summed E-state index contributed by atoms with van der Waals surface area (Å²) >= 11 is 1.44. The molecule has 3 aromatic rings. The van der Waals surface area contributed by atoms with Gasteiger partial charge < -0.3 is 24.6 Å². The molecule has 14 nitrogen and oxygen atoms in total. The number of halogens is 2. The summed E-state index contributed by atoms with van der Waals surface area (Å²) in [6.07, 6.45) is 1.02. The number of pyridine rings is 1. The molecule has 4 amide bonds. The van der Waals surface area contributed by atoms with E-state index in [4.69, 9.17) is 19.4 Å². The zero-order valence-corrected chi connectivity index (χ0v) is 37.9. The summed E-state index contributed by atoms with van der Waals surface area (Å²) in [6.45, 7) is 14.4. The van der Waals surface area contributed by atoms with Gasteiger partial charge in [0.2, 0.25) is 27.7 Å². The third kappa shape index (κ3) is 9.17. The summed E-state index contributed by atoms with van der Waals surface area (Å²) in [7, 11) is -2.39. The minimum absolute atomic E-state index is 0.0411. The maximum atomic E-state index is 14.9. The van der Waals surface area contributed by atoms with Crippen LogP contribution in [-0.2, 0) is 29.2 Å². The number of aromatic nitrogens is 2. The first-order chi connectivity index (χ1) is 29.1. The lowest BCUT2D eigenvalue weighted by Crippen LogP contribution is -2.57. The summed E-state index contributed by atoms with van der Waals surface area (Å²) in [6, 6.07) is 4.17. The van der Waals surface area contributed by atoms with Gasteiger partial charge >= 0.3 is 0 Å². The smallest absolute Gasteiger partial charge is 0.265 e. The predicted octanol–water partition coefficient (Wildman–Crippen LogP) is 6.13. The van der Waals surface area contributed by atoms with Gasteiger partial charge in [-0.15, -0.1) is 17.9 Å². The van der Waals surface area contributed by atoms with E-state index in [9.17, 15) is 36.4 Å². The highest BCUT2D eigenvalue weighted by Crippen LogP contribution is 2.46. The van der Waals surface area contributed by atoms with Crippen LogP contribution < -0.4 is 19.5 Å². The Kier molecular flexibility index (Phi) is 12.3. The summed E-state index contributed by atoms with van der Waals surface area (Å²) < 4.78 is 69.1. The van der Waals surface area contributed by atoms with E-state index in [-0.39, 0.29) is 51.1 Å². The Morgan fingerprint density at radius 1 is 1.13 bits per heavy atom. The van der Waals surface area contributed by atoms with Crippen LogP contribution in [0.3, 0.4) is 0 Å². The second kappa shape index (κ2) is 16.8. The van der Waals surface area contributed by atoms with Gasteiger partial charge in [-0.05, 0) is 56.1 Å². The number of thiazole rings is 1. The van der Waals surface area contributed by atoms with Crippen LogP contribution in [0.25, 0.3) is 21.6 Å². The molecule has 5 atom stereocenters. The van der Waals surface area contributed by atoms with Crippen molar-refractivity contribution in [2.75, 3.05) is 26.7 Å². The number of carbonyl (C=O) groups excluding carboxylic acids is 4. The summed E-state index contributed by atoms with van der Waals surface area (Å²) in [5, 5.41) is 5.42. The number of alkyl halides is 2. The number of fused-ring (bicyclic) bond motifs is 1. The van der Waals surface area contributed by atoms with Crippen LogP contribution in [0.15, 0.2) is 36.2 Å². The maximum absolute atomic E-state index is 14.9. The third-order valence-electron chi connectivity index (χ3n) is 12.6. The molecule has 0 bridgehead atoms. The summed E-state index contributed by atoms with van der Waals surface area (Å²) in [5.41, 5.74) is 0.337. The van der Waals surface area contributed by atoms with Gasteiger partial charge in [0.25, 0.3) is 11.8 Å². The quantitative estimate of drug-likeness (QED) is 0.179. The molecule has 0 spiro atoms. The van der Waals surface area contributed by atoms with Gasteiger partial charge in [-0.3, -0.25) is 23.9 Å². The first-order valence-corrected chi connectivity index (χ1v) is 23.6. The fraction of sp³-hybridized carbons (Fsp3) is 0.591. The number of likely N-dealkylation sites (tertiary alicyclic amines) is 2. The number of nitrogens with one attached hydrogen (secondary N) is 2. The molecule has 4 heterocycles. The van der Waals surface area contributed by atoms with Crippen molar-refractivity contribution in [3.63, 3.8) is 0 Å². The van der Waals surface area contributed by atoms with Crippen molar-refractivity contribution in [1.29, 1.82) is 0 Å². The molecule has 4 aliphatic rings. The lowest BCUT2D eigenvalue weighted by atomic mass is 9.77. The lowest BCUT2D eigenvalue weighted by Gasteiger charge is -2.37. The van der Waals surface area contributed by atoms with Crippen molar-refractivity contribution >= 4 is 55.9 Å². The van der Waals surface area contributed by atoms with Crippen molar-refractivity contribution in [2.24, 2.45) is 17.3 Å². The number of aryl methyl sites for hydroxylation is 1. The minimum atomic E-state index is -3.96. The van der Waals surface area contributed by atoms with E-state index in [0.29, 0.717) is 45.9 Å². The molecule has 2 saturated carbocycles. The average Bonchev–Trinajstić information content (AvgIpc) is 4.08. The highest BCUT2D eigenvalue weighted by atomic mass is 32.2. The van der Waals surface area contributed by atoms with E-state index < -0.39 is 86.3 Å². The van der Waals surface area contributed by atoms with E-state index in [1.54, 1.807) is 40.0 Å². The van der Waals surface area contributed by atoms with E-state index in [1.807, 2.05) is 32.2 Å². The summed E-state index contributed by atoms with van der Waals surface area (Å²) in [4.78, 5) is 69.2. The fourth-order valence-electron chi connectivity index (χ4n) is 8.50. The van der Waals surface area contributed by atoms with Gasteiger partial charge in [0.15, 0.2) is 0 Å². The number of amides is 4. The lowest BCUT2D eigenvalue weighted by molar-refractivity contribution is -0.151. The molecule has 0 radical (unpaired) electrons. The number of sulfonamides is 1. The number of ether oxygens (including phenoxy) is 2. The molecule has 4 fully saturated rings. The number of carbonyl (C=O) groups is 4. The molecule has 2 N–H and O–H groups in total. The molecule has 2 aliphatic carbocycles. The van der Waals surface area contributed by atoms with E-state index in [0.717, 1.165) is 16.2 Å². The van der Waals surface area contributed by atoms with Gasteiger partial charge in [-0.1, -0.05) is 40.7 Å². The van der Waals surface area contributed by atoms with Crippen LogP contribution in [0, 0.1) is 24.2 Å². The van der Waals surface area contributed by atoms with Crippen LogP contribution in [0.4, 0.5) is 8.78 Å². The first kappa shape index (κ1) is 45.3. The number of hydrogen-bond acceptors (Lipinski definition) is 11. The number of methoxy groups -OCH3 is 1. The van der Waals surface area contributed by atoms with E-state index in [2.05, 4.69) is 16.6 Å². The molecule has 336 valence electrons. The largest absolute Gasteiger partial charge is 0.496 e. The standard InChI is InChI=1S/C44H56F2N6O8S2/c1-9-26-20-44(26,41(56)50-62(57,58)28-11-12-28)49-38(54)33-17-27(21-52(33)40(55)30(42(5,6)7)18-36(53)51-16-10-15-43(45,46)23-51)60-35-19-31(39-48-32(22-61-39)24(2)3)47-37-25(4)34(59-8)14-13-29(35)37/h9,13-14,19,22,24,26-28,30,33H,1,10-12,15-18,20-21,23H2,2-8H3,(H,49,54)(H,50,56)/t26-,27-,30-,33+,44-/m1/s1. The van der Waals surface area contributed by atoms with E-state index in [1.165, 1.54) is 22.3 Å². The van der Waals surface area contributed by atoms with Crippen molar-refractivity contribution in [3.05, 3.63) is 47.5 Å². The average molecular weight is 899 g/mol. The van der Waals surface area contributed by atoms with Gasteiger partial charge in [-0.25, -0.2) is 27.2 Å². The molecule has 2 aromatic heterocycles. The highest BCUT2D eigenvalue weighted by molar-refractivity contribution is 7.91. The normalized spacial score (nSPS) is 24.1. The Labute approximate surface area is 365 Å². The SMILES string of the molecule is C=C[C@@H]1C[C@]1(NC(=O)[C@@H]1C[C@@H](Oc2cc(-c3nc(C(C)C)cs3)nc3c(C)c(OC)ccc23)CN1C(=O)[C@@H](CC(=O)N1CCCC(F)(F)C1)C(C)(C)C)C(=O)NS(=O)(=O)C1CC1. The topological polar surface area (TPSA) is 177 Å². The molecule has 0 unspecified atom stereocenters. The van der Waals surface area contributed by atoms with E-state index >= 15 is 0 Å². The second-order valence-electron chi connectivity index (χ2n) is 18.6. The zero-order valence-electron chi connectivity index (χ0n) is 36.3. The maximum Gasteiger partial charge on any atom is 0.265 e. The molecule has 18 heteroatoms. The Balaban J connectivity index is 1.23. The molecule has 2 aliphatic heterocycles. The number of rotatable bonds is 14. The fourth-order valence-corrected chi connectivity index (χ4v) is 10.8. The highest BCUT2D eigenvalue weighted by Gasteiger charge is 2.62. The Morgan fingerprint density at radius 2 is 1.85 bits per heavy atom. The Morgan fingerprint density at radius 3 is 2.45 bits per heavy atom. The van der Waals surface area contributed by atoms with Gasteiger partial charge in [0, 0.05) is 54.1 Å². The van der Waals surface area contributed by atoms with Crippen molar-refractivity contribution < 1.29 is 45.9 Å². The molecule has 1 aromatic carbocycles. The van der Waals surface area contributed by atoms with Crippen LogP contribution >= 0.6 is 11.3 Å². The number of piperidine rings is 1. The summed E-state index contributed by atoms with van der Waals surface area (Å²) in [5.74, 6) is -6.19. The molecular weight excluding hydrogens is 843 g/mol. The minimum Gasteiger partial charge on any atom is -0.496 e. The zero-order chi connectivity index (χ0) is 45.1. The monoisotopic (exact) mass is 898 g/mol. The predicted molar refractivity (Wildman–Crippen MR) is 230 cm³/mol. The van der Waals surface area contributed by atoms with Crippen molar-refractivity contribution in [2.45, 2.75) is 121 Å². The van der Waals surface area contributed by atoms with Crippen LogP contribution in [0.2, 0.25) is 0 Å². The van der Waals surface area contributed by atoms with Crippen LogP contribution in [0.1, 0.15) is 96.7 Å². The van der Waals surface area contributed by atoms with Gasteiger partial charge in [-0.2, -0.15) is 0 Å². The van der Waals surface area contributed by atoms with Gasteiger partial charge in [0.1, 0.15) is 39.9 Å². The molecule has 7 rings (SSSR count). The third-order valence-corrected chi connectivity index (χ3v) is 15.3. The van der Waals surface area contributed by atoms with Crippen molar-refractivity contribution in [1.82, 2.24) is 29.8 Å². The number of hydrogen-bond donors (Lipinski definition) is 2. The number of benzene rings is 1. The van der Waals surface area contributed by atoms with Crippen LogP contribution in [-0.4, -0.2) is 107 Å². The number of nitrogens with zero attached hydrogens (tertiary/aromatic N) is 4. The second-order valence-corrected chi connectivity index (χ2v) is 21.4. The molecular formula is C44H56F2N6O8S2. The van der Waals surface area contributed by atoms with Gasteiger partial charge in [0.05, 0.1) is 42.6 Å². The van der Waals surface area contributed by atoms with Crippen LogP contribution in [0.5, 0.6) is 11.5 Å². The first-order valence-electron chi connectivity index (χ1n) is 21.1. The Bertz CT molecular complexity index is 2400. The Hall–Kier alpha value is -4.71. The molecule has 62 heavy (non-hydrogen) atoms. The molecule has 2 saturated heterocycles.